The maximum Gasteiger partial charge on any atom is 0.323 e. The highest BCUT2D eigenvalue weighted by molar-refractivity contribution is 7.15. The Bertz CT molecular complexity index is 1090. The van der Waals surface area contributed by atoms with E-state index in [1.807, 2.05) is 30.5 Å². The van der Waals surface area contributed by atoms with Gasteiger partial charge in [0.05, 0.1) is 20.6 Å². The van der Waals surface area contributed by atoms with Crippen molar-refractivity contribution in [1.82, 2.24) is 4.98 Å². The van der Waals surface area contributed by atoms with Gasteiger partial charge in [-0.05, 0) is 61.4 Å². The van der Waals surface area contributed by atoms with Gasteiger partial charge in [-0.3, -0.25) is 4.79 Å². The normalized spacial score (nSPS) is 18.2. The number of hydrogen-bond acceptors (Lipinski definition) is 4. The summed E-state index contributed by atoms with van der Waals surface area (Å²) in [5.74, 6) is -0.00384. The summed E-state index contributed by atoms with van der Waals surface area (Å²) in [6, 6.07) is 14.4. The van der Waals surface area contributed by atoms with E-state index in [-0.39, 0.29) is 12.5 Å². The van der Waals surface area contributed by atoms with Gasteiger partial charge in [-0.15, -0.1) is 11.3 Å². The fourth-order valence-corrected chi connectivity index (χ4v) is 5.31. The van der Waals surface area contributed by atoms with E-state index in [4.69, 9.17) is 16.7 Å². The minimum absolute atomic E-state index is 0.270. The summed E-state index contributed by atoms with van der Waals surface area (Å²) in [6.07, 6.45) is 6.05. The first kappa shape index (κ1) is 22.3. The van der Waals surface area contributed by atoms with Gasteiger partial charge >= 0.3 is 12.0 Å². The molecular weight excluding hydrogens is 446 g/mol. The highest BCUT2D eigenvalue weighted by Gasteiger charge is 2.25. The molecule has 0 aliphatic heterocycles. The van der Waals surface area contributed by atoms with Crippen LogP contribution in [0, 0.1) is 5.92 Å². The number of urea groups is 1. The highest BCUT2D eigenvalue weighted by atomic mass is 35.5. The second-order valence-electron chi connectivity index (χ2n) is 8.01. The molecule has 0 unspecified atom stereocenters. The van der Waals surface area contributed by atoms with Crippen molar-refractivity contribution in [3.63, 3.8) is 0 Å². The molecule has 1 fully saturated rings. The SMILES string of the molecule is O=C(O)CC1CCC(c2ncc(-c3ccc(NC(=O)Nc4ccccc4Cl)cc3)s2)CC1. The quantitative estimate of drug-likeness (QED) is 0.368. The van der Waals surface area contributed by atoms with Crippen LogP contribution in [0.25, 0.3) is 10.4 Å². The third-order valence-electron chi connectivity index (χ3n) is 5.73. The summed E-state index contributed by atoms with van der Waals surface area (Å²) in [6.45, 7) is 0. The van der Waals surface area contributed by atoms with Crippen molar-refractivity contribution in [2.45, 2.75) is 38.0 Å². The Hall–Kier alpha value is -2.90. The zero-order chi connectivity index (χ0) is 22.5. The fraction of sp³-hybridized carbons (Fsp3) is 0.292. The van der Waals surface area contributed by atoms with E-state index in [1.165, 1.54) is 0 Å². The number of carboxylic acid groups (broad SMARTS) is 1. The van der Waals surface area contributed by atoms with Gasteiger partial charge in [0.15, 0.2) is 0 Å². The Labute approximate surface area is 195 Å². The predicted molar refractivity (Wildman–Crippen MR) is 129 cm³/mol. The topological polar surface area (TPSA) is 91.3 Å². The standard InChI is InChI=1S/C24H24ClN3O3S/c25-19-3-1-2-4-20(19)28-24(31)27-18-11-9-16(10-12-18)21-14-26-23(32-21)17-7-5-15(6-8-17)13-22(29)30/h1-4,9-12,14-15,17H,5-8,13H2,(H,29,30)(H2,27,28,31). The molecule has 2 aromatic carbocycles. The molecular formula is C24H24ClN3O3S. The van der Waals surface area contributed by atoms with Crippen LogP contribution in [0.2, 0.25) is 5.02 Å². The summed E-state index contributed by atoms with van der Waals surface area (Å²) in [5.41, 5.74) is 2.28. The van der Waals surface area contributed by atoms with Gasteiger partial charge < -0.3 is 15.7 Å². The van der Waals surface area contributed by atoms with Crippen LogP contribution in [0.15, 0.2) is 54.7 Å². The molecule has 4 rings (SSSR count). The number of carbonyl (C=O) groups excluding carboxylic acids is 1. The number of halogens is 1. The molecule has 166 valence electrons. The fourth-order valence-electron chi connectivity index (χ4n) is 4.04. The van der Waals surface area contributed by atoms with Gasteiger partial charge in [0, 0.05) is 24.2 Å². The van der Waals surface area contributed by atoms with Crippen LogP contribution in [-0.4, -0.2) is 22.1 Å². The van der Waals surface area contributed by atoms with Gasteiger partial charge in [-0.2, -0.15) is 0 Å². The maximum atomic E-state index is 12.2. The van der Waals surface area contributed by atoms with E-state index >= 15 is 0 Å². The van der Waals surface area contributed by atoms with Crippen molar-refractivity contribution in [2.24, 2.45) is 5.92 Å². The molecule has 0 saturated heterocycles. The summed E-state index contributed by atoms with van der Waals surface area (Å²) in [4.78, 5) is 28.9. The zero-order valence-corrected chi connectivity index (χ0v) is 19.0. The molecule has 3 N–H and O–H groups in total. The molecule has 8 heteroatoms. The summed E-state index contributed by atoms with van der Waals surface area (Å²) in [7, 11) is 0. The number of amides is 2. The number of hydrogen-bond donors (Lipinski definition) is 3. The lowest BCUT2D eigenvalue weighted by Crippen LogP contribution is -2.19. The molecule has 6 nitrogen and oxygen atoms in total. The van der Waals surface area contributed by atoms with Crippen LogP contribution in [-0.2, 0) is 4.79 Å². The van der Waals surface area contributed by atoms with Crippen LogP contribution in [0.5, 0.6) is 0 Å². The smallest absolute Gasteiger partial charge is 0.323 e. The lowest BCUT2D eigenvalue weighted by Gasteiger charge is -2.26. The van der Waals surface area contributed by atoms with Crippen LogP contribution in [0.4, 0.5) is 16.2 Å². The second kappa shape index (κ2) is 10.1. The monoisotopic (exact) mass is 469 g/mol. The third-order valence-corrected chi connectivity index (χ3v) is 7.27. The molecule has 0 bridgehead atoms. The summed E-state index contributed by atoms with van der Waals surface area (Å²) >= 11 is 7.76. The Balaban J connectivity index is 1.34. The van der Waals surface area contributed by atoms with Crippen molar-refractivity contribution in [1.29, 1.82) is 0 Å². The first-order chi connectivity index (χ1) is 15.5. The van der Waals surface area contributed by atoms with Crippen LogP contribution in [0.1, 0.15) is 43.0 Å². The average Bonchev–Trinajstić information content (AvgIpc) is 3.26. The lowest BCUT2D eigenvalue weighted by molar-refractivity contribution is -0.138. The van der Waals surface area contributed by atoms with Gasteiger partial charge in [0.1, 0.15) is 0 Å². The minimum atomic E-state index is -0.704. The Morgan fingerprint density at radius 2 is 1.75 bits per heavy atom. The summed E-state index contributed by atoms with van der Waals surface area (Å²) in [5, 5.41) is 16.1. The molecule has 1 aliphatic carbocycles. The van der Waals surface area contributed by atoms with Gasteiger partial charge in [0.25, 0.3) is 0 Å². The predicted octanol–water partition coefficient (Wildman–Crippen LogP) is 6.86. The molecule has 0 atom stereocenters. The molecule has 1 heterocycles. The van der Waals surface area contributed by atoms with E-state index in [9.17, 15) is 9.59 Å². The number of anilines is 2. The van der Waals surface area contributed by atoms with E-state index in [0.717, 1.165) is 41.1 Å². The number of nitrogens with zero attached hydrogens (tertiary/aromatic N) is 1. The Morgan fingerprint density at radius 3 is 2.44 bits per heavy atom. The van der Waals surface area contributed by atoms with Gasteiger partial charge in [-0.1, -0.05) is 35.9 Å². The van der Waals surface area contributed by atoms with Crippen molar-refractivity contribution < 1.29 is 14.7 Å². The number of aromatic nitrogens is 1. The number of thiazole rings is 1. The number of aliphatic carboxylic acids is 1. The number of rotatable bonds is 6. The first-order valence-electron chi connectivity index (χ1n) is 10.6. The molecule has 2 amide bonds. The summed E-state index contributed by atoms with van der Waals surface area (Å²) < 4.78 is 0. The number of carboxylic acids is 1. The van der Waals surface area contributed by atoms with Crippen molar-refractivity contribution in [3.8, 4) is 10.4 Å². The minimum Gasteiger partial charge on any atom is -0.481 e. The Kier molecular flexibility index (Phi) is 7.07. The number of benzene rings is 2. The van der Waals surface area contributed by atoms with Crippen LogP contribution >= 0.6 is 22.9 Å². The largest absolute Gasteiger partial charge is 0.481 e. The maximum absolute atomic E-state index is 12.2. The lowest BCUT2D eigenvalue weighted by atomic mass is 9.81. The molecule has 1 saturated carbocycles. The molecule has 1 aromatic heterocycles. The number of nitrogens with one attached hydrogen (secondary N) is 2. The van der Waals surface area contributed by atoms with Crippen LogP contribution in [0.3, 0.4) is 0 Å². The third kappa shape index (κ3) is 5.66. The second-order valence-corrected chi connectivity index (χ2v) is 9.48. The number of para-hydroxylation sites is 1. The van der Waals surface area contributed by atoms with E-state index < -0.39 is 5.97 Å². The number of carbonyl (C=O) groups is 2. The van der Waals surface area contributed by atoms with Crippen molar-refractivity contribution >= 4 is 46.3 Å². The van der Waals surface area contributed by atoms with E-state index in [0.29, 0.717) is 28.2 Å². The average molecular weight is 470 g/mol. The molecule has 3 aromatic rings. The van der Waals surface area contributed by atoms with Gasteiger partial charge in [0.2, 0.25) is 0 Å². The molecule has 1 aliphatic rings. The van der Waals surface area contributed by atoms with Crippen molar-refractivity contribution in [3.05, 3.63) is 64.8 Å². The Morgan fingerprint density at radius 1 is 1.03 bits per heavy atom. The first-order valence-corrected chi connectivity index (χ1v) is 11.8. The molecule has 32 heavy (non-hydrogen) atoms. The van der Waals surface area contributed by atoms with E-state index in [2.05, 4.69) is 15.6 Å². The highest BCUT2D eigenvalue weighted by Crippen LogP contribution is 2.40. The van der Waals surface area contributed by atoms with Crippen molar-refractivity contribution in [2.75, 3.05) is 10.6 Å². The van der Waals surface area contributed by atoms with Gasteiger partial charge in [-0.25, -0.2) is 9.78 Å². The molecule has 0 radical (unpaired) electrons. The van der Waals surface area contributed by atoms with Crippen LogP contribution < -0.4 is 10.6 Å². The zero-order valence-electron chi connectivity index (χ0n) is 17.4. The molecule has 0 spiro atoms. The van der Waals surface area contributed by atoms with E-state index in [1.54, 1.807) is 35.6 Å².